The Hall–Kier alpha value is -2.57. The van der Waals surface area contributed by atoms with Gasteiger partial charge in [-0.3, -0.25) is 5.32 Å². The van der Waals surface area contributed by atoms with Gasteiger partial charge in [-0.15, -0.1) is 5.10 Å². The maximum atomic E-state index is 12.3. The van der Waals surface area contributed by atoms with Gasteiger partial charge in [0.25, 0.3) is 0 Å². The SMILES string of the molecule is CN(Cc1cccc(Cl)c1Cl)C(=O)Nc1ncn(Cc2ccccc2)n1. The molecular formula is C18H17Cl2N5O. The second-order valence-electron chi connectivity index (χ2n) is 5.75. The van der Waals surface area contributed by atoms with Gasteiger partial charge in [-0.2, -0.15) is 0 Å². The lowest BCUT2D eigenvalue weighted by Crippen LogP contribution is -2.31. The van der Waals surface area contributed by atoms with Crippen molar-refractivity contribution in [3.63, 3.8) is 0 Å². The molecule has 26 heavy (non-hydrogen) atoms. The Labute approximate surface area is 161 Å². The van der Waals surface area contributed by atoms with E-state index in [0.29, 0.717) is 23.1 Å². The van der Waals surface area contributed by atoms with Crippen molar-refractivity contribution in [3.05, 3.63) is 76.0 Å². The highest BCUT2D eigenvalue weighted by molar-refractivity contribution is 6.42. The Kier molecular flexibility index (Phi) is 5.75. The van der Waals surface area contributed by atoms with E-state index in [2.05, 4.69) is 15.4 Å². The number of benzene rings is 2. The van der Waals surface area contributed by atoms with Crippen LogP contribution >= 0.6 is 23.2 Å². The third-order valence-electron chi connectivity index (χ3n) is 3.73. The van der Waals surface area contributed by atoms with E-state index in [1.165, 1.54) is 4.90 Å². The third-order valence-corrected chi connectivity index (χ3v) is 4.59. The number of carbonyl (C=O) groups excluding carboxylic acids is 1. The first-order valence-electron chi connectivity index (χ1n) is 7.91. The van der Waals surface area contributed by atoms with Crippen LogP contribution in [0.2, 0.25) is 10.0 Å². The van der Waals surface area contributed by atoms with Gasteiger partial charge in [0.15, 0.2) is 0 Å². The van der Waals surface area contributed by atoms with E-state index in [4.69, 9.17) is 23.2 Å². The minimum atomic E-state index is -0.335. The molecule has 0 aliphatic rings. The summed E-state index contributed by atoms with van der Waals surface area (Å²) in [6, 6.07) is 14.9. The smallest absolute Gasteiger partial charge is 0.323 e. The van der Waals surface area contributed by atoms with Crippen LogP contribution in [0.1, 0.15) is 11.1 Å². The van der Waals surface area contributed by atoms with Gasteiger partial charge in [0, 0.05) is 13.6 Å². The highest BCUT2D eigenvalue weighted by Crippen LogP contribution is 2.26. The molecule has 0 radical (unpaired) electrons. The average Bonchev–Trinajstić information content (AvgIpc) is 3.06. The van der Waals surface area contributed by atoms with Gasteiger partial charge in [0.05, 0.1) is 16.6 Å². The minimum absolute atomic E-state index is 0.245. The van der Waals surface area contributed by atoms with Crippen molar-refractivity contribution in [3.8, 4) is 0 Å². The van der Waals surface area contributed by atoms with E-state index in [1.807, 2.05) is 36.4 Å². The van der Waals surface area contributed by atoms with Crippen LogP contribution in [0, 0.1) is 0 Å². The molecule has 3 aromatic rings. The molecule has 134 valence electrons. The topological polar surface area (TPSA) is 63.1 Å². The van der Waals surface area contributed by atoms with Gasteiger partial charge in [-0.1, -0.05) is 65.7 Å². The monoisotopic (exact) mass is 389 g/mol. The van der Waals surface area contributed by atoms with Gasteiger partial charge in [-0.05, 0) is 17.2 Å². The number of nitrogens with one attached hydrogen (secondary N) is 1. The summed E-state index contributed by atoms with van der Waals surface area (Å²) in [6.07, 6.45) is 1.58. The van der Waals surface area contributed by atoms with Gasteiger partial charge < -0.3 is 4.90 Å². The number of hydrogen-bond acceptors (Lipinski definition) is 3. The number of hydrogen-bond donors (Lipinski definition) is 1. The molecule has 0 aliphatic carbocycles. The van der Waals surface area contributed by atoms with Crippen LogP contribution in [0.25, 0.3) is 0 Å². The molecule has 1 heterocycles. The Balaban J connectivity index is 1.60. The summed E-state index contributed by atoms with van der Waals surface area (Å²) in [5.74, 6) is 0.245. The summed E-state index contributed by atoms with van der Waals surface area (Å²) in [6.45, 7) is 0.896. The van der Waals surface area contributed by atoms with Crippen LogP contribution in [-0.4, -0.2) is 32.7 Å². The number of carbonyl (C=O) groups is 1. The molecule has 3 rings (SSSR count). The lowest BCUT2D eigenvalue weighted by molar-refractivity contribution is 0.220. The normalized spacial score (nSPS) is 10.6. The molecule has 2 aromatic carbocycles. The zero-order chi connectivity index (χ0) is 18.5. The second-order valence-corrected chi connectivity index (χ2v) is 6.54. The number of urea groups is 1. The summed E-state index contributed by atoms with van der Waals surface area (Å²) < 4.78 is 1.67. The van der Waals surface area contributed by atoms with Crippen LogP contribution in [0.15, 0.2) is 54.9 Å². The molecule has 2 amide bonds. The lowest BCUT2D eigenvalue weighted by atomic mass is 10.2. The largest absolute Gasteiger partial charge is 0.324 e. The summed E-state index contributed by atoms with van der Waals surface area (Å²) in [5, 5.41) is 7.84. The van der Waals surface area contributed by atoms with Crippen molar-refractivity contribution in [1.29, 1.82) is 0 Å². The van der Waals surface area contributed by atoms with Crippen molar-refractivity contribution in [2.45, 2.75) is 13.1 Å². The van der Waals surface area contributed by atoms with Crippen molar-refractivity contribution < 1.29 is 4.79 Å². The number of nitrogens with zero attached hydrogens (tertiary/aromatic N) is 4. The number of rotatable bonds is 5. The summed E-state index contributed by atoms with van der Waals surface area (Å²) in [5.41, 5.74) is 1.86. The van der Waals surface area contributed by atoms with Crippen molar-refractivity contribution in [2.75, 3.05) is 12.4 Å². The van der Waals surface area contributed by atoms with E-state index in [0.717, 1.165) is 11.1 Å². The third kappa shape index (κ3) is 4.53. The van der Waals surface area contributed by atoms with E-state index in [9.17, 15) is 4.79 Å². The molecule has 0 aliphatic heterocycles. The lowest BCUT2D eigenvalue weighted by Gasteiger charge is -2.17. The Morgan fingerprint density at radius 1 is 1.15 bits per heavy atom. The zero-order valence-electron chi connectivity index (χ0n) is 14.1. The van der Waals surface area contributed by atoms with Gasteiger partial charge in [-0.25, -0.2) is 14.5 Å². The van der Waals surface area contributed by atoms with Crippen molar-refractivity contribution >= 4 is 35.2 Å². The van der Waals surface area contributed by atoms with Crippen LogP contribution in [0.3, 0.4) is 0 Å². The molecule has 1 N–H and O–H groups in total. The fraction of sp³-hybridized carbons (Fsp3) is 0.167. The van der Waals surface area contributed by atoms with Gasteiger partial charge in [0.1, 0.15) is 6.33 Å². The maximum Gasteiger partial charge on any atom is 0.324 e. The molecule has 1 aromatic heterocycles. The first-order chi connectivity index (χ1) is 12.5. The maximum absolute atomic E-state index is 12.3. The molecule has 6 nitrogen and oxygen atoms in total. The van der Waals surface area contributed by atoms with Crippen LogP contribution in [0.5, 0.6) is 0 Å². The predicted octanol–water partition coefficient (Wildman–Crippen LogP) is 4.30. The van der Waals surface area contributed by atoms with E-state index in [-0.39, 0.29) is 12.0 Å². The van der Waals surface area contributed by atoms with E-state index >= 15 is 0 Å². The Morgan fingerprint density at radius 2 is 1.92 bits per heavy atom. The average molecular weight is 390 g/mol. The first-order valence-corrected chi connectivity index (χ1v) is 8.67. The highest BCUT2D eigenvalue weighted by Gasteiger charge is 2.14. The molecule has 0 saturated carbocycles. The fourth-order valence-corrected chi connectivity index (χ4v) is 2.77. The summed E-state index contributed by atoms with van der Waals surface area (Å²) >= 11 is 12.2. The van der Waals surface area contributed by atoms with Crippen molar-refractivity contribution in [1.82, 2.24) is 19.7 Å². The van der Waals surface area contributed by atoms with Crippen molar-refractivity contribution in [2.24, 2.45) is 0 Å². The Bertz CT molecular complexity index is 898. The number of halogens is 2. The summed E-state index contributed by atoms with van der Waals surface area (Å²) in [4.78, 5) is 17.9. The van der Waals surface area contributed by atoms with Crippen LogP contribution in [-0.2, 0) is 13.1 Å². The van der Waals surface area contributed by atoms with E-state index < -0.39 is 0 Å². The number of aromatic nitrogens is 3. The highest BCUT2D eigenvalue weighted by atomic mass is 35.5. The standard InChI is InChI=1S/C18H17Cl2N5O/c1-24(11-14-8-5-9-15(19)16(14)20)18(26)22-17-21-12-25(23-17)10-13-6-3-2-4-7-13/h2-9,12H,10-11H2,1H3,(H,22,23,26). The molecule has 0 bridgehead atoms. The molecule has 0 atom stereocenters. The molecule has 0 saturated heterocycles. The zero-order valence-corrected chi connectivity index (χ0v) is 15.6. The Morgan fingerprint density at radius 3 is 2.69 bits per heavy atom. The summed E-state index contributed by atoms with van der Waals surface area (Å²) in [7, 11) is 1.66. The van der Waals surface area contributed by atoms with Crippen LogP contribution in [0.4, 0.5) is 10.7 Å². The molecule has 0 unspecified atom stereocenters. The van der Waals surface area contributed by atoms with Gasteiger partial charge in [0.2, 0.25) is 5.95 Å². The van der Waals surface area contributed by atoms with E-state index in [1.54, 1.807) is 30.2 Å². The number of amides is 2. The quantitative estimate of drug-likeness (QED) is 0.707. The molecular weight excluding hydrogens is 373 g/mol. The molecule has 0 fully saturated rings. The second kappa shape index (κ2) is 8.21. The van der Waals surface area contributed by atoms with Crippen LogP contribution < -0.4 is 5.32 Å². The first kappa shape index (κ1) is 18.2. The molecule has 0 spiro atoms. The fourth-order valence-electron chi connectivity index (χ4n) is 2.39. The predicted molar refractivity (Wildman–Crippen MR) is 103 cm³/mol. The van der Waals surface area contributed by atoms with Gasteiger partial charge >= 0.3 is 6.03 Å². The molecule has 8 heteroatoms. The minimum Gasteiger partial charge on any atom is -0.323 e. The number of anilines is 1.